The van der Waals surface area contributed by atoms with Crippen LogP contribution in [0.4, 0.5) is 29.8 Å². The van der Waals surface area contributed by atoms with Gasteiger partial charge in [-0.05, 0) is 48.9 Å². The number of nitrogens with zero attached hydrogens (tertiary/aromatic N) is 3. The molecule has 0 saturated heterocycles. The van der Waals surface area contributed by atoms with E-state index in [1.807, 2.05) is 0 Å². The van der Waals surface area contributed by atoms with Crippen LogP contribution in [0.2, 0.25) is 0 Å². The number of carbonyl (C=O) groups is 2. The molecule has 0 aliphatic heterocycles. The Bertz CT molecular complexity index is 1410. The summed E-state index contributed by atoms with van der Waals surface area (Å²) < 4.78 is 40.9. The molecule has 4 aromatic rings. The zero-order valence-electron chi connectivity index (χ0n) is 18.5. The number of carboxylic acids is 1. The van der Waals surface area contributed by atoms with Crippen molar-refractivity contribution in [3.05, 3.63) is 65.4 Å². The van der Waals surface area contributed by atoms with E-state index in [0.717, 1.165) is 11.3 Å². The average Bonchev–Trinajstić information content (AvgIpc) is 3.27. The number of aromatic nitrogens is 3. The molecule has 0 fully saturated rings. The van der Waals surface area contributed by atoms with E-state index in [-0.39, 0.29) is 10.9 Å². The van der Waals surface area contributed by atoms with Crippen molar-refractivity contribution in [1.29, 1.82) is 0 Å². The molecule has 0 aliphatic rings. The molecule has 0 bridgehead atoms. The number of benzene rings is 2. The van der Waals surface area contributed by atoms with Crippen LogP contribution < -0.4 is 15.4 Å². The molecular weight excluding hydrogens is 499 g/mol. The lowest BCUT2D eigenvalue weighted by Gasteiger charge is -2.11. The Labute approximate surface area is 206 Å². The summed E-state index contributed by atoms with van der Waals surface area (Å²) >= 11 is 1.10. The fourth-order valence-corrected chi connectivity index (χ4v) is 4.33. The molecule has 36 heavy (non-hydrogen) atoms. The van der Waals surface area contributed by atoms with E-state index in [1.165, 1.54) is 36.8 Å². The van der Waals surface area contributed by atoms with E-state index in [1.54, 1.807) is 25.1 Å². The molecule has 0 aliphatic carbocycles. The summed E-state index contributed by atoms with van der Waals surface area (Å²) in [6.07, 6.45) is -1.65. The predicted molar refractivity (Wildman–Crippen MR) is 127 cm³/mol. The third kappa shape index (κ3) is 5.86. The van der Waals surface area contributed by atoms with Crippen molar-refractivity contribution >= 4 is 50.8 Å². The topological polar surface area (TPSA) is 126 Å². The van der Waals surface area contributed by atoms with Crippen molar-refractivity contribution in [2.75, 3.05) is 10.6 Å². The lowest BCUT2D eigenvalue weighted by molar-refractivity contribution is -0.274. The Morgan fingerprint density at radius 2 is 1.86 bits per heavy atom. The monoisotopic (exact) mass is 517 g/mol. The quantitative estimate of drug-likeness (QED) is 0.277. The number of thiazole rings is 1. The summed E-state index contributed by atoms with van der Waals surface area (Å²) in [5, 5.41) is 15.8. The van der Waals surface area contributed by atoms with Gasteiger partial charge in [-0.2, -0.15) is 0 Å². The maximum Gasteiger partial charge on any atom is 0.573 e. The van der Waals surface area contributed by atoms with Crippen LogP contribution in [0.1, 0.15) is 34.5 Å². The van der Waals surface area contributed by atoms with E-state index < -0.39 is 24.2 Å². The molecule has 186 valence electrons. The molecule has 2 aromatic heterocycles. The highest BCUT2D eigenvalue weighted by Crippen LogP contribution is 2.30. The van der Waals surface area contributed by atoms with Crippen LogP contribution in [0, 0.1) is 0 Å². The van der Waals surface area contributed by atoms with Crippen molar-refractivity contribution in [2.45, 2.75) is 25.6 Å². The number of carbonyl (C=O) groups excluding carboxylic acids is 1. The first-order chi connectivity index (χ1) is 17.1. The van der Waals surface area contributed by atoms with Gasteiger partial charge in [0.25, 0.3) is 5.91 Å². The Balaban J connectivity index is 1.49. The Kier molecular flexibility index (Phi) is 7.01. The Morgan fingerprint density at radius 1 is 1.11 bits per heavy atom. The van der Waals surface area contributed by atoms with E-state index in [2.05, 4.69) is 30.3 Å². The number of rotatable bonds is 8. The second kappa shape index (κ2) is 10.2. The van der Waals surface area contributed by atoms with E-state index in [0.29, 0.717) is 39.3 Å². The van der Waals surface area contributed by atoms with Crippen LogP contribution in [0.3, 0.4) is 0 Å². The van der Waals surface area contributed by atoms with Gasteiger partial charge in [-0.1, -0.05) is 6.92 Å². The van der Waals surface area contributed by atoms with Gasteiger partial charge in [-0.15, -0.1) is 24.5 Å². The number of aliphatic carboxylic acids is 1. The van der Waals surface area contributed by atoms with Crippen molar-refractivity contribution in [3.63, 3.8) is 0 Å². The molecule has 0 spiro atoms. The van der Waals surface area contributed by atoms with Gasteiger partial charge in [0, 0.05) is 27.7 Å². The van der Waals surface area contributed by atoms with Gasteiger partial charge in [0.1, 0.15) is 17.9 Å². The first-order valence-corrected chi connectivity index (χ1v) is 11.3. The normalized spacial score (nSPS) is 12.2. The third-order valence-electron chi connectivity index (χ3n) is 5.04. The summed E-state index contributed by atoms with van der Waals surface area (Å²) in [5.41, 5.74) is 1.22. The fraction of sp³-hybridized carbons (Fsp3) is 0.174. The van der Waals surface area contributed by atoms with Crippen molar-refractivity contribution < 1.29 is 32.6 Å². The zero-order chi connectivity index (χ0) is 25.9. The molecule has 0 radical (unpaired) electrons. The van der Waals surface area contributed by atoms with Crippen molar-refractivity contribution in [3.8, 4) is 5.75 Å². The molecule has 4 rings (SSSR count). The van der Waals surface area contributed by atoms with Crippen LogP contribution in [0.25, 0.3) is 10.9 Å². The van der Waals surface area contributed by atoms with E-state index in [4.69, 9.17) is 0 Å². The lowest BCUT2D eigenvalue weighted by Crippen LogP contribution is -2.16. The minimum atomic E-state index is -4.78. The van der Waals surface area contributed by atoms with Gasteiger partial charge >= 0.3 is 12.3 Å². The number of alkyl halides is 3. The number of amides is 1. The highest BCUT2D eigenvalue weighted by molar-refractivity contribution is 7.16. The molecule has 13 heteroatoms. The minimum Gasteiger partial charge on any atom is -0.481 e. The van der Waals surface area contributed by atoms with Gasteiger partial charge in [-0.25, -0.2) is 15.0 Å². The first-order valence-electron chi connectivity index (χ1n) is 10.5. The first kappa shape index (κ1) is 24.9. The van der Waals surface area contributed by atoms with Gasteiger partial charge < -0.3 is 15.2 Å². The number of ether oxygens (including phenoxy) is 1. The number of hydrogen-bond donors (Lipinski definition) is 3. The molecule has 2 aromatic carbocycles. The third-order valence-corrected chi connectivity index (χ3v) is 6.07. The molecule has 0 saturated carbocycles. The highest BCUT2D eigenvalue weighted by Gasteiger charge is 2.31. The largest absolute Gasteiger partial charge is 0.573 e. The standard InChI is InChI=1S/C23H18F3N5O4S/c1-2-15(21(33)34)18-10-27-22(36-18)31-20(32)12-3-8-16-17(9-12)28-11-29-19(16)30-13-4-6-14(7-5-13)35-23(24,25)26/h3-11,15H,2H2,1H3,(H,33,34)(H,27,31,32)(H,28,29,30). The van der Waals surface area contributed by atoms with Crippen LogP contribution in [-0.2, 0) is 4.79 Å². The summed E-state index contributed by atoms with van der Waals surface area (Å²) in [5.74, 6) is -2.06. The average molecular weight is 517 g/mol. The fourth-order valence-electron chi connectivity index (χ4n) is 3.35. The summed E-state index contributed by atoms with van der Waals surface area (Å²) in [6, 6.07) is 9.92. The number of nitrogens with one attached hydrogen (secondary N) is 2. The maximum atomic E-state index is 12.7. The van der Waals surface area contributed by atoms with E-state index in [9.17, 15) is 27.9 Å². The molecule has 9 nitrogen and oxygen atoms in total. The molecule has 1 atom stereocenters. The predicted octanol–water partition coefficient (Wildman–Crippen LogP) is 5.56. The van der Waals surface area contributed by atoms with Crippen LogP contribution in [0.5, 0.6) is 5.75 Å². The summed E-state index contributed by atoms with van der Waals surface area (Å²) in [6.45, 7) is 1.76. The second-order valence-corrected chi connectivity index (χ2v) is 8.53. The van der Waals surface area contributed by atoms with Gasteiger partial charge in [0.15, 0.2) is 5.13 Å². The summed E-state index contributed by atoms with van der Waals surface area (Å²) in [7, 11) is 0. The summed E-state index contributed by atoms with van der Waals surface area (Å²) in [4.78, 5) is 37.1. The van der Waals surface area contributed by atoms with E-state index >= 15 is 0 Å². The van der Waals surface area contributed by atoms with Gasteiger partial charge in [-0.3, -0.25) is 14.9 Å². The van der Waals surface area contributed by atoms with Crippen molar-refractivity contribution in [1.82, 2.24) is 15.0 Å². The van der Waals surface area contributed by atoms with Crippen molar-refractivity contribution in [2.24, 2.45) is 0 Å². The molecule has 1 amide bonds. The Morgan fingerprint density at radius 3 is 2.53 bits per heavy atom. The molecule has 1 unspecified atom stereocenters. The lowest BCUT2D eigenvalue weighted by atomic mass is 10.1. The number of carboxylic acid groups (broad SMARTS) is 1. The second-order valence-electron chi connectivity index (χ2n) is 7.47. The maximum absolute atomic E-state index is 12.7. The highest BCUT2D eigenvalue weighted by atomic mass is 32.1. The van der Waals surface area contributed by atoms with Crippen LogP contribution >= 0.6 is 11.3 Å². The van der Waals surface area contributed by atoms with Crippen LogP contribution in [-0.4, -0.2) is 38.3 Å². The number of anilines is 3. The minimum absolute atomic E-state index is 0.276. The van der Waals surface area contributed by atoms with Gasteiger partial charge in [0.2, 0.25) is 0 Å². The van der Waals surface area contributed by atoms with Gasteiger partial charge in [0.05, 0.1) is 11.4 Å². The molecule has 3 N–H and O–H groups in total. The number of halogens is 3. The molecule has 2 heterocycles. The Hall–Kier alpha value is -4.26. The smallest absolute Gasteiger partial charge is 0.481 e. The zero-order valence-corrected chi connectivity index (χ0v) is 19.4. The van der Waals surface area contributed by atoms with Crippen LogP contribution in [0.15, 0.2) is 55.0 Å². The molecular formula is C23H18F3N5O4S. The SMILES string of the molecule is CCC(C(=O)O)c1cnc(NC(=O)c2ccc3c(Nc4ccc(OC(F)(F)F)cc4)ncnc3c2)s1. The number of fused-ring (bicyclic) bond motifs is 1. The number of hydrogen-bond acceptors (Lipinski definition) is 8.